The highest BCUT2D eigenvalue weighted by Crippen LogP contribution is 2.15. The molecule has 3 rings (SSSR count). The van der Waals surface area contributed by atoms with E-state index in [9.17, 15) is 0 Å². The van der Waals surface area contributed by atoms with Crippen molar-refractivity contribution in [2.45, 2.75) is 6.42 Å². The van der Waals surface area contributed by atoms with Gasteiger partial charge in [0.05, 0.1) is 5.52 Å². The van der Waals surface area contributed by atoms with Gasteiger partial charge < -0.3 is 16.5 Å². The third-order valence-corrected chi connectivity index (χ3v) is 2.74. The number of benzene rings is 1. The van der Waals surface area contributed by atoms with Crippen molar-refractivity contribution in [1.29, 1.82) is 0 Å². The summed E-state index contributed by atoms with van der Waals surface area (Å²) in [5, 5.41) is 0. The molecule has 2 aromatic heterocycles. The minimum absolute atomic E-state index is 0.476. The molecule has 5 heteroatoms. The molecule has 5 N–H and O–H groups in total. The van der Waals surface area contributed by atoms with Crippen molar-refractivity contribution in [3.8, 4) is 0 Å². The highest BCUT2D eigenvalue weighted by atomic mass is 15.0. The minimum Gasteiger partial charge on any atom is -0.399 e. The summed E-state index contributed by atoms with van der Waals surface area (Å²) in [6.07, 6.45) is 0.696. The van der Waals surface area contributed by atoms with Gasteiger partial charge in [-0.1, -0.05) is 12.1 Å². The molecule has 0 aliphatic carbocycles. The van der Waals surface area contributed by atoms with Gasteiger partial charge in [0.2, 0.25) is 0 Å². The summed E-state index contributed by atoms with van der Waals surface area (Å²) >= 11 is 0. The number of nitrogens with zero attached hydrogens (tertiary/aromatic N) is 2. The van der Waals surface area contributed by atoms with Crippen LogP contribution in [0.3, 0.4) is 0 Å². The van der Waals surface area contributed by atoms with E-state index in [4.69, 9.17) is 11.5 Å². The number of rotatable bonds is 2. The molecule has 0 spiro atoms. The van der Waals surface area contributed by atoms with E-state index in [0.717, 1.165) is 22.6 Å². The fourth-order valence-electron chi connectivity index (χ4n) is 1.94. The van der Waals surface area contributed by atoms with Gasteiger partial charge in [-0.3, -0.25) is 0 Å². The number of aromatic nitrogens is 3. The van der Waals surface area contributed by atoms with Crippen LogP contribution in [-0.2, 0) is 6.42 Å². The average molecular weight is 239 g/mol. The topological polar surface area (TPSA) is 93.6 Å². The molecule has 1 aromatic carbocycles. The van der Waals surface area contributed by atoms with Crippen LogP contribution in [0.25, 0.3) is 11.2 Å². The van der Waals surface area contributed by atoms with Crippen molar-refractivity contribution in [1.82, 2.24) is 15.0 Å². The SMILES string of the molecule is Nc1cccc(Cc2nc3nc(N)ccc3[nH]2)c1. The van der Waals surface area contributed by atoms with Gasteiger partial charge >= 0.3 is 0 Å². The van der Waals surface area contributed by atoms with Crippen LogP contribution in [0.4, 0.5) is 11.5 Å². The number of aromatic amines is 1. The molecule has 90 valence electrons. The number of hydrogen-bond acceptors (Lipinski definition) is 4. The Balaban J connectivity index is 1.95. The van der Waals surface area contributed by atoms with Gasteiger partial charge in [0.25, 0.3) is 0 Å². The van der Waals surface area contributed by atoms with Crippen LogP contribution in [0.2, 0.25) is 0 Å². The summed E-state index contributed by atoms with van der Waals surface area (Å²) in [7, 11) is 0. The predicted molar refractivity (Wildman–Crippen MR) is 72.0 cm³/mol. The zero-order valence-electron chi connectivity index (χ0n) is 9.72. The van der Waals surface area contributed by atoms with E-state index in [-0.39, 0.29) is 0 Å². The molecule has 18 heavy (non-hydrogen) atoms. The molecular formula is C13H13N5. The van der Waals surface area contributed by atoms with Crippen LogP contribution in [0, 0.1) is 0 Å². The standard InChI is InChI=1S/C13H13N5/c14-9-3-1-2-8(6-9)7-12-16-10-4-5-11(15)17-13(10)18-12/h1-6H,7,14H2,(H3,15,16,17,18). The van der Waals surface area contributed by atoms with E-state index in [0.29, 0.717) is 17.9 Å². The fraction of sp³-hybridized carbons (Fsp3) is 0.0769. The number of fused-ring (bicyclic) bond motifs is 1. The maximum Gasteiger partial charge on any atom is 0.179 e. The largest absolute Gasteiger partial charge is 0.399 e. The number of nitrogen functional groups attached to an aromatic ring is 2. The molecule has 0 aliphatic rings. The molecule has 3 aromatic rings. The van der Waals surface area contributed by atoms with Gasteiger partial charge in [0.1, 0.15) is 11.6 Å². The Bertz CT molecular complexity index is 701. The number of nitrogens with one attached hydrogen (secondary N) is 1. The molecule has 0 saturated heterocycles. The van der Waals surface area contributed by atoms with Crippen LogP contribution >= 0.6 is 0 Å². The van der Waals surface area contributed by atoms with E-state index in [1.165, 1.54) is 0 Å². The van der Waals surface area contributed by atoms with Gasteiger partial charge in [0, 0.05) is 12.1 Å². The number of H-pyrrole nitrogens is 1. The normalized spacial score (nSPS) is 10.9. The lowest BCUT2D eigenvalue weighted by molar-refractivity contribution is 1.04. The molecule has 0 bridgehead atoms. The summed E-state index contributed by atoms with van der Waals surface area (Å²) in [6, 6.07) is 11.4. The van der Waals surface area contributed by atoms with Crippen molar-refractivity contribution in [2.75, 3.05) is 11.5 Å². The third kappa shape index (κ3) is 1.98. The first kappa shape index (κ1) is 10.6. The van der Waals surface area contributed by atoms with Crippen LogP contribution in [0.15, 0.2) is 36.4 Å². The number of hydrogen-bond donors (Lipinski definition) is 3. The zero-order valence-corrected chi connectivity index (χ0v) is 9.72. The summed E-state index contributed by atoms with van der Waals surface area (Å²) in [5.74, 6) is 1.33. The fourth-order valence-corrected chi connectivity index (χ4v) is 1.94. The molecule has 0 unspecified atom stereocenters. The number of pyridine rings is 1. The predicted octanol–water partition coefficient (Wildman–Crippen LogP) is 1.71. The second kappa shape index (κ2) is 4.03. The second-order valence-electron chi connectivity index (χ2n) is 4.21. The minimum atomic E-state index is 0.476. The van der Waals surface area contributed by atoms with Crippen LogP contribution in [-0.4, -0.2) is 15.0 Å². The lowest BCUT2D eigenvalue weighted by Crippen LogP contribution is -1.92. The first-order chi connectivity index (χ1) is 8.70. The first-order valence-corrected chi connectivity index (χ1v) is 5.66. The molecule has 0 aliphatic heterocycles. The van der Waals surface area contributed by atoms with Crippen molar-refractivity contribution in [3.05, 3.63) is 47.8 Å². The lowest BCUT2D eigenvalue weighted by Gasteiger charge is -1.99. The van der Waals surface area contributed by atoms with Gasteiger partial charge in [-0.2, -0.15) is 0 Å². The Labute approximate surface area is 104 Å². The van der Waals surface area contributed by atoms with Gasteiger partial charge in [0.15, 0.2) is 5.65 Å². The average Bonchev–Trinajstić information content (AvgIpc) is 2.70. The Morgan fingerprint density at radius 1 is 1.06 bits per heavy atom. The number of nitrogens with two attached hydrogens (primary N) is 2. The van der Waals surface area contributed by atoms with Gasteiger partial charge in [-0.15, -0.1) is 0 Å². The highest BCUT2D eigenvalue weighted by Gasteiger charge is 2.05. The van der Waals surface area contributed by atoms with Gasteiger partial charge in [-0.05, 0) is 29.8 Å². The summed E-state index contributed by atoms with van der Waals surface area (Å²) in [6.45, 7) is 0. The zero-order chi connectivity index (χ0) is 12.5. The Hall–Kier alpha value is -2.56. The Morgan fingerprint density at radius 2 is 1.94 bits per heavy atom. The van der Waals surface area contributed by atoms with Gasteiger partial charge in [-0.25, -0.2) is 9.97 Å². The highest BCUT2D eigenvalue weighted by molar-refractivity contribution is 5.72. The third-order valence-electron chi connectivity index (χ3n) is 2.74. The van der Waals surface area contributed by atoms with Crippen molar-refractivity contribution < 1.29 is 0 Å². The Kier molecular flexibility index (Phi) is 2.37. The van der Waals surface area contributed by atoms with E-state index < -0.39 is 0 Å². The number of anilines is 2. The smallest absolute Gasteiger partial charge is 0.179 e. The van der Waals surface area contributed by atoms with Crippen molar-refractivity contribution in [3.63, 3.8) is 0 Å². The van der Waals surface area contributed by atoms with E-state index in [1.807, 2.05) is 30.3 Å². The Morgan fingerprint density at radius 3 is 2.78 bits per heavy atom. The molecule has 0 radical (unpaired) electrons. The molecule has 0 saturated carbocycles. The molecule has 5 nitrogen and oxygen atoms in total. The van der Waals surface area contributed by atoms with E-state index >= 15 is 0 Å². The summed E-state index contributed by atoms with van der Waals surface area (Å²) in [4.78, 5) is 11.8. The monoisotopic (exact) mass is 239 g/mol. The molecule has 0 atom stereocenters. The number of imidazole rings is 1. The molecular weight excluding hydrogens is 226 g/mol. The van der Waals surface area contributed by atoms with E-state index in [2.05, 4.69) is 15.0 Å². The first-order valence-electron chi connectivity index (χ1n) is 5.66. The molecule has 2 heterocycles. The van der Waals surface area contributed by atoms with Crippen molar-refractivity contribution in [2.24, 2.45) is 0 Å². The van der Waals surface area contributed by atoms with Crippen molar-refractivity contribution >= 4 is 22.7 Å². The maximum absolute atomic E-state index is 5.75. The molecule has 0 fully saturated rings. The summed E-state index contributed by atoms with van der Waals surface area (Å²) < 4.78 is 0. The van der Waals surface area contributed by atoms with Crippen LogP contribution in [0.1, 0.15) is 11.4 Å². The second-order valence-corrected chi connectivity index (χ2v) is 4.21. The maximum atomic E-state index is 5.75. The molecule has 0 amide bonds. The van der Waals surface area contributed by atoms with Crippen LogP contribution < -0.4 is 11.5 Å². The quantitative estimate of drug-likeness (QED) is 0.593. The summed E-state index contributed by atoms with van der Waals surface area (Å²) in [5.41, 5.74) is 14.8. The lowest BCUT2D eigenvalue weighted by atomic mass is 10.1. The van der Waals surface area contributed by atoms with E-state index in [1.54, 1.807) is 6.07 Å². The van der Waals surface area contributed by atoms with Crippen LogP contribution in [0.5, 0.6) is 0 Å².